The molecule has 3 aromatic carbocycles. The molecule has 2 heterocycles. The van der Waals surface area contributed by atoms with Gasteiger partial charge in [0.2, 0.25) is 10.0 Å². The zero-order chi connectivity index (χ0) is 26.4. The molecule has 37 heavy (non-hydrogen) atoms. The molecule has 5 rings (SSSR count). The summed E-state index contributed by atoms with van der Waals surface area (Å²) in [6.07, 6.45) is 0. The van der Waals surface area contributed by atoms with E-state index in [0.717, 1.165) is 17.7 Å². The van der Waals surface area contributed by atoms with Crippen LogP contribution in [0.4, 0.5) is 10.5 Å². The first kappa shape index (κ1) is 24.6. The van der Waals surface area contributed by atoms with E-state index in [1.54, 1.807) is 31.2 Å². The standard InChI is InChI=1S/C26H24N4O6S/c1-26-18-27(37(35,36)22-14-12-21(13-15-22)30(33)34)17-23(20-10-6-3-7-11-20)29(26)25(32)28(24(26)31)16-19-8-4-2-5-9-19/h2-15,23H,16-18H2,1H3/t23-,26-/m1/s1. The van der Waals surface area contributed by atoms with Crippen LogP contribution < -0.4 is 0 Å². The van der Waals surface area contributed by atoms with Crippen molar-refractivity contribution in [3.8, 4) is 0 Å². The molecule has 190 valence electrons. The quantitative estimate of drug-likeness (QED) is 0.278. The first-order valence-corrected chi connectivity index (χ1v) is 13.1. The summed E-state index contributed by atoms with van der Waals surface area (Å²) in [4.78, 5) is 40.4. The summed E-state index contributed by atoms with van der Waals surface area (Å²) in [7, 11) is -4.14. The number of amides is 3. The molecule has 2 aliphatic heterocycles. The maximum absolute atomic E-state index is 13.7. The van der Waals surface area contributed by atoms with Gasteiger partial charge in [-0.3, -0.25) is 19.8 Å². The lowest BCUT2D eigenvalue weighted by Gasteiger charge is -2.46. The van der Waals surface area contributed by atoms with Gasteiger partial charge in [-0.25, -0.2) is 13.2 Å². The zero-order valence-corrected chi connectivity index (χ0v) is 20.7. The summed E-state index contributed by atoms with van der Waals surface area (Å²) >= 11 is 0. The highest BCUT2D eigenvalue weighted by Crippen LogP contribution is 2.43. The third-order valence-corrected chi connectivity index (χ3v) is 8.73. The maximum Gasteiger partial charge on any atom is 0.328 e. The Morgan fingerprint density at radius 1 is 0.946 bits per heavy atom. The summed E-state index contributed by atoms with van der Waals surface area (Å²) in [5.41, 5.74) is -0.205. The highest BCUT2D eigenvalue weighted by atomic mass is 32.2. The second-order valence-corrected chi connectivity index (χ2v) is 11.2. The van der Waals surface area contributed by atoms with E-state index in [0.29, 0.717) is 5.56 Å². The molecule has 11 heteroatoms. The van der Waals surface area contributed by atoms with Gasteiger partial charge in [0.15, 0.2) is 0 Å². The Labute approximate surface area is 213 Å². The van der Waals surface area contributed by atoms with Crippen LogP contribution in [0.1, 0.15) is 24.1 Å². The summed E-state index contributed by atoms with van der Waals surface area (Å²) in [6.45, 7) is 1.34. The Morgan fingerprint density at radius 2 is 1.54 bits per heavy atom. The van der Waals surface area contributed by atoms with E-state index < -0.39 is 38.5 Å². The summed E-state index contributed by atoms with van der Waals surface area (Å²) < 4.78 is 28.5. The molecule has 2 atom stereocenters. The van der Waals surface area contributed by atoms with E-state index in [9.17, 15) is 28.1 Å². The number of urea groups is 1. The van der Waals surface area contributed by atoms with Gasteiger partial charge in [-0.05, 0) is 30.2 Å². The Morgan fingerprint density at radius 3 is 2.14 bits per heavy atom. The van der Waals surface area contributed by atoms with Gasteiger partial charge in [0.25, 0.3) is 11.6 Å². The number of carbonyl (C=O) groups excluding carboxylic acids is 2. The molecule has 0 radical (unpaired) electrons. The van der Waals surface area contributed by atoms with Crippen molar-refractivity contribution in [3.63, 3.8) is 0 Å². The van der Waals surface area contributed by atoms with Crippen LogP contribution in [0.3, 0.4) is 0 Å². The number of nitro benzene ring substituents is 1. The van der Waals surface area contributed by atoms with Gasteiger partial charge >= 0.3 is 6.03 Å². The van der Waals surface area contributed by atoms with Crippen molar-refractivity contribution < 1.29 is 22.9 Å². The molecule has 2 saturated heterocycles. The molecule has 10 nitrogen and oxygen atoms in total. The van der Waals surface area contributed by atoms with Crippen molar-refractivity contribution in [1.29, 1.82) is 0 Å². The zero-order valence-electron chi connectivity index (χ0n) is 19.9. The molecule has 0 unspecified atom stereocenters. The number of non-ortho nitro benzene ring substituents is 1. The molecule has 2 aliphatic rings. The van der Waals surface area contributed by atoms with Gasteiger partial charge in [0.1, 0.15) is 5.54 Å². The number of rotatable bonds is 6. The van der Waals surface area contributed by atoms with Gasteiger partial charge in [-0.1, -0.05) is 60.7 Å². The number of nitro groups is 1. The molecular formula is C26H24N4O6S. The van der Waals surface area contributed by atoms with Crippen LogP contribution in [-0.2, 0) is 21.4 Å². The number of hydrogen-bond donors (Lipinski definition) is 0. The molecule has 0 aromatic heterocycles. The van der Waals surface area contributed by atoms with Crippen LogP contribution in [0.15, 0.2) is 89.8 Å². The smallest absolute Gasteiger partial charge is 0.300 e. The fraction of sp³-hybridized carbons (Fsp3) is 0.231. The number of sulfonamides is 1. The molecule has 0 bridgehead atoms. The SMILES string of the molecule is C[C@]12CN(S(=O)(=O)c3ccc([N+](=O)[O-])cc3)C[C@H](c3ccccc3)N1C(=O)N(Cc1ccccc1)C2=O. The fourth-order valence-electron chi connectivity index (χ4n) is 5.03. The van der Waals surface area contributed by atoms with Crippen molar-refractivity contribution in [2.24, 2.45) is 0 Å². The van der Waals surface area contributed by atoms with E-state index in [1.807, 2.05) is 36.4 Å². The van der Waals surface area contributed by atoms with Gasteiger partial charge in [-0.15, -0.1) is 0 Å². The Kier molecular flexibility index (Phi) is 6.04. The van der Waals surface area contributed by atoms with E-state index in [1.165, 1.54) is 26.2 Å². The van der Waals surface area contributed by atoms with Crippen LogP contribution in [0, 0.1) is 10.1 Å². The van der Waals surface area contributed by atoms with Crippen LogP contribution in [0.25, 0.3) is 0 Å². The predicted molar refractivity (Wildman–Crippen MR) is 134 cm³/mol. The molecule has 0 aliphatic carbocycles. The Balaban J connectivity index is 1.55. The highest BCUT2D eigenvalue weighted by Gasteiger charge is 2.61. The minimum absolute atomic E-state index is 0.0706. The minimum atomic E-state index is -4.14. The van der Waals surface area contributed by atoms with Gasteiger partial charge in [-0.2, -0.15) is 4.31 Å². The van der Waals surface area contributed by atoms with Crippen molar-refractivity contribution in [2.45, 2.75) is 29.9 Å². The molecule has 0 saturated carbocycles. The highest BCUT2D eigenvalue weighted by molar-refractivity contribution is 7.89. The summed E-state index contributed by atoms with van der Waals surface area (Å²) in [6, 6.07) is 21.5. The first-order valence-electron chi connectivity index (χ1n) is 11.6. The average Bonchev–Trinajstić information content (AvgIpc) is 3.09. The fourth-order valence-corrected chi connectivity index (χ4v) is 6.57. The van der Waals surface area contributed by atoms with Gasteiger partial charge < -0.3 is 4.90 Å². The van der Waals surface area contributed by atoms with E-state index >= 15 is 0 Å². The minimum Gasteiger partial charge on any atom is -0.300 e. The Bertz CT molecular complexity index is 1460. The molecule has 3 aromatic rings. The van der Waals surface area contributed by atoms with Crippen LogP contribution in [0.5, 0.6) is 0 Å². The van der Waals surface area contributed by atoms with E-state index in [-0.39, 0.29) is 30.2 Å². The van der Waals surface area contributed by atoms with Crippen molar-refractivity contribution in [3.05, 3.63) is 106 Å². The van der Waals surface area contributed by atoms with Crippen LogP contribution in [0.2, 0.25) is 0 Å². The van der Waals surface area contributed by atoms with Crippen molar-refractivity contribution >= 4 is 27.6 Å². The number of piperazine rings is 1. The summed E-state index contributed by atoms with van der Waals surface area (Å²) in [5.74, 6) is -0.481. The number of carbonyl (C=O) groups is 2. The molecular weight excluding hydrogens is 496 g/mol. The third-order valence-electron chi connectivity index (χ3n) is 6.90. The van der Waals surface area contributed by atoms with E-state index in [2.05, 4.69) is 0 Å². The number of fused-ring (bicyclic) bond motifs is 1. The average molecular weight is 521 g/mol. The Hall–Kier alpha value is -4.09. The number of benzene rings is 3. The first-order chi connectivity index (χ1) is 17.6. The lowest BCUT2D eigenvalue weighted by atomic mass is 9.92. The maximum atomic E-state index is 13.7. The molecule has 0 spiro atoms. The number of imide groups is 1. The predicted octanol–water partition coefficient (Wildman–Crippen LogP) is 3.56. The van der Waals surface area contributed by atoms with E-state index in [4.69, 9.17) is 0 Å². The van der Waals surface area contributed by atoms with Crippen molar-refractivity contribution in [1.82, 2.24) is 14.1 Å². The lowest BCUT2D eigenvalue weighted by Crippen LogP contribution is -2.63. The van der Waals surface area contributed by atoms with Gasteiger partial charge in [0, 0.05) is 25.2 Å². The lowest BCUT2D eigenvalue weighted by molar-refractivity contribution is -0.384. The van der Waals surface area contributed by atoms with Gasteiger partial charge in [0.05, 0.1) is 22.4 Å². The molecule has 2 fully saturated rings. The molecule has 0 N–H and O–H groups in total. The topological polar surface area (TPSA) is 121 Å². The monoisotopic (exact) mass is 520 g/mol. The van der Waals surface area contributed by atoms with Crippen molar-refractivity contribution in [2.75, 3.05) is 13.1 Å². The number of nitrogens with zero attached hydrogens (tertiary/aromatic N) is 4. The summed E-state index contributed by atoms with van der Waals surface area (Å²) in [5, 5.41) is 11.0. The second kappa shape index (κ2) is 9.09. The second-order valence-electron chi connectivity index (χ2n) is 9.28. The van der Waals surface area contributed by atoms with Crippen LogP contribution in [-0.4, -0.2) is 58.0 Å². The van der Waals surface area contributed by atoms with Crippen LogP contribution >= 0.6 is 0 Å². The third kappa shape index (κ3) is 4.15. The largest absolute Gasteiger partial charge is 0.328 e. The number of hydrogen-bond acceptors (Lipinski definition) is 6. The molecule has 3 amide bonds. The normalized spacial score (nSPS) is 22.2.